The van der Waals surface area contributed by atoms with Crippen LogP contribution in [0.2, 0.25) is 5.02 Å². The van der Waals surface area contributed by atoms with Gasteiger partial charge in [0.2, 0.25) is 5.95 Å². The van der Waals surface area contributed by atoms with E-state index in [9.17, 15) is 0 Å². The number of nitrogens with one attached hydrogen (secondary N) is 2. The highest BCUT2D eigenvalue weighted by Crippen LogP contribution is 2.29. The van der Waals surface area contributed by atoms with Crippen LogP contribution in [0.3, 0.4) is 0 Å². The number of hydrogen-bond donors (Lipinski definition) is 2. The van der Waals surface area contributed by atoms with Gasteiger partial charge in [-0.2, -0.15) is 4.98 Å². The highest BCUT2D eigenvalue weighted by molar-refractivity contribution is 6.31. The lowest BCUT2D eigenvalue weighted by Crippen LogP contribution is -2.08. The second kappa shape index (κ2) is 9.24. The molecule has 2 N–H and O–H groups in total. The van der Waals surface area contributed by atoms with E-state index in [0.717, 1.165) is 36.6 Å². The van der Waals surface area contributed by atoms with E-state index in [1.807, 2.05) is 25.1 Å². The van der Waals surface area contributed by atoms with E-state index in [-0.39, 0.29) is 0 Å². The van der Waals surface area contributed by atoms with Crippen molar-refractivity contribution in [3.63, 3.8) is 0 Å². The molecule has 0 atom stereocenters. The van der Waals surface area contributed by atoms with E-state index in [4.69, 9.17) is 16.3 Å². The second-order valence-corrected chi connectivity index (χ2v) is 6.64. The molecule has 3 aromatic rings. The molecule has 6 heteroatoms. The second-order valence-electron chi connectivity index (χ2n) is 6.20. The molecule has 0 saturated carbocycles. The lowest BCUT2D eigenvalue weighted by Gasteiger charge is -2.12. The lowest BCUT2D eigenvalue weighted by atomic mass is 10.1. The van der Waals surface area contributed by atoms with E-state index >= 15 is 0 Å². The molecule has 2 aromatic carbocycles. The molecule has 1 heterocycles. The molecule has 5 nitrogen and oxygen atoms in total. The van der Waals surface area contributed by atoms with Crippen LogP contribution in [0.4, 0.5) is 17.5 Å². The zero-order chi connectivity index (χ0) is 19.1. The van der Waals surface area contributed by atoms with E-state index in [1.165, 1.54) is 5.56 Å². The fraction of sp³-hybridized carbons (Fsp3) is 0.238. The number of anilines is 3. The predicted octanol–water partition coefficient (Wildman–Crippen LogP) is 5.24. The molecule has 0 unspecified atom stereocenters. The van der Waals surface area contributed by atoms with Gasteiger partial charge in [0, 0.05) is 23.3 Å². The first kappa shape index (κ1) is 19.0. The van der Waals surface area contributed by atoms with E-state index in [1.54, 1.807) is 19.2 Å². The minimum Gasteiger partial charge on any atom is -0.495 e. The third kappa shape index (κ3) is 5.59. The van der Waals surface area contributed by atoms with Gasteiger partial charge in [0.1, 0.15) is 11.6 Å². The van der Waals surface area contributed by atoms with Gasteiger partial charge in [-0.25, -0.2) is 4.98 Å². The normalized spacial score (nSPS) is 10.5. The van der Waals surface area contributed by atoms with Gasteiger partial charge in [0.05, 0.1) is 12.8 Å². The van der Waals surface area contributed by atoms with Crippen LogP contribution in [0.5, 0.6) is 5.75 Å². The molecule has 0 saturated heterocycles. The van der Waals surface area contributed by atoms with Crippen molar-refractivity contribution in [1.82, 2.24) is 9.97 Å². The average Bonchev–Trinajstić information content (AvgIpc) is 2.66. The minimum absolute atomic E-state index is 0.501. The quantitative estimate of drug-likeness (QED) is 0.522. The number of rotatable bonds is 8. The van der Waals surface area contributed by atoms with Crippen LogP contribution in [-0.4, -0.2) is 23.6 Å². The van der Waals surface area contributed by atoms with Gasteiger partial charge in [0.15, 0.2) is 0 Å². The van der Waals surface area contributed by atoms with Crippen LogP contribution >= 0.6 is 11.6 Å². The maximum atomic E-state index is 6.09. The van der Waals surface area contributed by atoms with Crippen LogP contribution < -0.4 is 15.4 Å². The first-order valence-electron chi connectivity index (χ1n) is 8.88. The zero-order valence-corrected chi connectivity index (χ0v) is 16.3. The highest BCUT2D eigenvalue weighted by Gasteiger charge is 2.08. The maximum absolute atomic E-state index is 6.09. The van der Waals surface area contributed by atoms with Crippen molar-refractivity contribution in [3.05, 3.63) is 70.9 Å². The Kier molecular flexibility index (Phi) is 6.49. The molecular formula is C21H23ClN4O. The Bertz CT molecular complexity index is 887. The summed E-state index contributed by atoms with van der Waals surface area (Å²) in [6.07, 6.45) is 2.06. The van der Waals surface area contributed by atoms with Gasteiger partial charge in [-0.3, -0.25) is 0 Å². The molecule has 0 bridgehead atoms. The number of benzene rings is 2. The first-order chi connectivity index (χ1) is 13.1. The van der Waals surface area contributed by atoms with Crippen molar-refractivity contribution in [1.29, 1.82) is 0 Å². The molecule has 0 aliphatic rings. The van der Waals surface area contributed by atoms with Gasteiger partial charge >= 0.3 is 0 Å². The molecule has 1 aromatic heterocycles. The van der Waals surface area contributed by atoms with Gasteiger partial charge in [-0.1, -0.05) is 41.9 Å². The van der Waals surface area contributed by atoms with Gasteiger partial charge in [-0.15, -0.1) is 0 Å². The van der Waals surface area contributed by atoms with Crippen molar-refractivity contribution < 1.29 is 4.74 Å². The molecule has 0 amide bonds. The summed E-state index contributed by atoms with van der Waals surface area (Å²) < 4.78 is 5.36. The Labute approximate surface area is 164 Å². The largest absolute Gasteiger partial charge is 0.495 e. The lowest BCUT2D eigenvalue weighted by molar-refractivity contribution is 0.417. The van der Waals surface area contributed by atoms with Crippen LogP contribution in [0.15, 0.2) is 54.6 Å². The molecule has 0 aliphatic heterocycles. The number of nitrogens with zero attached hydrogens (tertiary/aromatic N) is 2. The first-order valence-corrected chi connectivity index (χ1v) is 9.26. The molecule has 0 aliphatic carbocycles. The van der Waals surface area contributed by atoms with Crippen LogP contribution in [-0.2, 0) is 6.42 Å². The summed E-state index contributed by atoms with van der Waals surface area (Å²) in [6.45, 7) is 2.78. The summed E-state index contributed by atoms with van der Waals surface area (Å²) in [5.74, 6) is 1.97. The van der Waals surface area contributed by atoms with Crippen LogP contribution in [0.1, 0.15) is 17.7 Å². The standard InChI is InChI=1S/C21H23ClN4O/c1-15-13-20(23-12-6-9-16-7-4-3-5-8-16)26-21(24-15)25-18-14-17(22)10-11-19(18)27-2/h3-5,7-8,10-11,13-14H,6,9,12H2,1-2H3,(H2,23,24,25,26). The Hall–Kier alpha value is -2.79. The Morgan fingerprint density at radius 3 is 2.63 bits per heavy atom. The number of aryl methyl sites for hydroxylation is 2. The summed E-state index contributed by atoms with van der Waals surface area (Å²) >= 11 is 6.09. The van der Waals surface area contributed by atoms with Gasteiger partial charge in [0.25, 0.3) is 0 Å². The third-order valence-corrected chi connectivity index (χ3v) is 4.29. The summed E-state index contributed by atoms with van der Waals surface area (Å²) in [7, 11) is 1.62. The average molecular weight is 383 g/mol. The summed E-state index contributed by atoms with van der Waals surface area (Å²) in [5.41, 5.74) is 2.94. The topological polar surface area (TPSA) is 59.1 Å². The van der Waals surface area contributed by atoms with E-state index in [0.29, 0.717) is 16.7 Å². The fourth-order valence-electron chi connectivity index (χ4n) is 2.77. The van der Waals surface area contributed by atoms with Crippen LogP contribution in [0, 0.1) is 6.92 Å². The van der Waals surface area contributed by atoms with Crippen molar-refractivity contribution in [2.75, 3.05) is 24.3 Å². The fourth-order valence-corrected chi connectivity index (χ4v) is 2.94. The van der Waals surface area contributed by atoms with Gasteiger partial charge in [-0.05, 0) is 43.5 Å². The van der Waals surface area contributed by atoms with Crippen molar-refractivity contribution >= 4 is 29.1 Å². The Balaban J connectivity index is 1.63. The molecule has 0 spiro atoms. The summed E-state index contributed by atoms with van der Waals surface area (Å²) in [4.78, 5) is 9.00. The third-order valence-electron chi connectivity index (χ3n) is 4.05. The number of aromatic nitrogens is 2. The minimum atomic E-state index is 0.501. The van der Waals surface area contributed by atoms with Crippen molar-refractivity contribution in [3.8, 4) is 5.75 Å². The van der Waals surface area contributed by atoms with Gasteiger partial charge < -0.3 is 15.4 Å². The molecule has 3 rings (SSSR count). The molecular weight excluding hydrogens is 360 g/mol. The number of methoxy groups -OCH3 is 1. The summed E-state index contributed by atoms with van der Waals surface area (Å²) in [5, 5.41) is 7.18. The Morgan fingerprint density at radius 1 is 1.04 bits per heavy atom. The van der Waals surface area contributed by atoms with Crippen molar-refractivity contribution in [2.24, 2.45) is 0 Å². The number of halogens is 1. The SMILES string of the molecule is COc1ccc(Cl)cc1Nc1nc(C)cc(NCCCc2ccccc2)n1. The zero-order valence-electron chi connectivity index (χ0n) is 15.5. The molecule has 0 fully saturated rings. The van der Waals surface area contributed by atoms with Crippen molar-refractivity contribution in [2.45, 2.75) is 19.8 Å². The van der Waals surface area contributed by atoms with E-state index < -0.39 is 0 Å². The molecule has 27 heavy (non-hydrogen) atoms. The summed E-state index contributed by atoms with van der Waals surface area (Å²) in [6, 6.07) is 17.8. The smallest absolute Gasteiger partial charge is 0.229 e. The maximum Gasteiger partial charge on any atom is 0.229 e. The van der Waals surface area contributed by atoms with E-state index in [2.05, 4.69) is 44.9 Å². The van der Waals surface area contributed by atoms with Crippen LogP contribution in [0.25, 0.3) is 0 Å². The number of ether oxygens (including phenoxy) is 1. The monoisotopic (exact) mass is 382 g/mol. The number of hydrogen-bond acceptors (Lipinski definition) is 5. The highest BCUT2D eigenvalue weighted by atomic mass is 35.5. The Morgan fingerprint density at radius 2 is 1.85 bits per heavy atom. The molecule has 0 radical (unpaired) electrons. The molecule has 140 valence electrons. The predicted molar refractivity (Wildman–Crippen MR) is 111 cm³/mol.